The molecule has 1 aliphatic heterocycles. The fourth-order valence-electron chi connectivity index (χ4n) is 3.79. The summed E-state index contributed by atoms with van der Waals surface area (Å²) < 4.78 is 20.0. The molecule has 0 saturated carbocycles. The molecule has 5 nitrogen and oxygen atoms in total. The van der Waals surface area contributed by atoms with Gasteiger partial charge in [-0.05, 0) is 56.3 Å². The van der Waals surface area contributed by atoms with E-state index in [1.165, 1.54) is 12.1 Å². The lowest BCUT2D eigenvalue weighted by Gasteiger charge is -2.20. The van der Waals surface area contributed by atoms with Crippen LogP contribution in [0, 0.1) is 17.7 Å². The number of H-pyrrole nitrogens is 1. The highest BCUT2D eigenvalue weighted by molar-refractivity contribution is 5.87. The topological polar surface area (TPSA) is 53.5 Å². The van der Waals surface area contributed by atoms with Crippen LogP contribution in [0.5, 0.6) is 5.75 Å². The molecular weight excluding hydrogens is 379 g/mol. The number of hydrogen-bond acceptors (Lipinski definition) is 4. The minimum Gasteiger partial charge on any atom is -0.493 e. The molecule has 30 heavy (non-hydrogen) atoms. The van der Waals surface area contributed by atoms with Gasteiger partial charge < -0.3 is 9.64 Å². The summed E-state index contributed by atoms with van der Waals surface area (Å²) in [5, 5.41) is 8.58. The maximum absolute atomic E-state index is 14.0. The van der Waals surface area contributed by atoms with E-state index in [-0.39, 0.29) is 5.82 Å². The van der Waals surface area contributed by atoms with Crippen molar-refractivity contribution in [2.45, 2.75) is 19.9 Å². The highest BCUT2D eigenvalue weighted by Crippen LogP contribution is 2.33. The molecule has 2 heterocycles. The molecule has 0 amide bonds. The lowest BCUT2D eigenvalue weighted by atomic mass is 9.91. The molecule has 0 saturated heterocycles. The largest absolute Gasteiger partial charge is 0.493 e. The summed E-state index contributed by atoms with van der Waals surface area (Å²) in [7, 11) is 4.05. The van der Waals surface area contributed by atoms with Crippen molar-refractivity contribution < 1.29 is 9.13 Å². The van der Waals surface area contributed by atoms with Crippen LogP contribution in [-0.4, -0.2) is 42.0 Å². The second-order valence-corrected chi connectivity index (χ2v) is 8.11. The number of aromatic amines is 1. The van der Waals surface area contributed by atoms with E-state index in [2.05, 4.69) is 39.2 Å². The van der Waals surface area contributed by atoms with Crippen molar-refractivity contribution in [3.63, 3.8) is 0 Å². The molecular formula is C24H27FN4O. The maximum Gasteiger partial charge on any atom is 0.130 e. The van der Waals surface area contributed by atoms with E-state index >= 15 is 0 Å². The molecule has 2 unspecified atom stereocenters. The van der Waals surface area contributed by atoms with Crippen molar-refractivity contribution in [1.29, 1.82) is 0 Å². The molecule has 0 fully saturated rings. The first-order chi connectivity index (χ1) is 14.5. The van der Waals surface area contributed by atoms with Gasteiger partial charge in [0.15, 0.2) is 0 Å². The van der Waals surface area contributed by atoms with Crippen molar-refractivity contribution >= 4 is 17.1 Å². The van der Waals surface area contributed by atoms with Gasteiger partial charge in [0.25, 0.3) is 0 Å². The third kappa shape index (κ3) is 4.44. The van der Waals surface area contributed by atoms with Crippen LogP contribution >= 0.6 is 0 Å². The van der Waals surface area contributed by atoms with Crippen molar-refractivity contribution in [3.8, 4) is 16.9 Å². The van der Waals surface area contributed by atoms with E-state index in [0.717, 1.165) is 40.7 Å². The van der Waals surface area contributed by atoms with E-state index in [0.29, 0.717) is 24.2 Å². The quantitative estimate of drug-likeness (QED) is 0.597. The summed E-state index contributed by atoms with van der Waals surface area (Å²) in [6, 6.07) is 10.8. The first-order valence-electron chi connectivity index (χ1n) is 10.3. The number of halogens is 1. The Labute approximate surface area is 176 Å². The van der Waals surface area contributed by atoms with Gasteiger partial charge in [-0.15, -0.1) is 0 Å². The minimum atomic E-state index is -0.304. The fourth-order valence-corrected chi connectivity index (χ4v) is 3.79. The number of aliphatic imine (C=N–C) groups is 1. The molecule has 6 heteroatoms. The summed E-state index contributed by atoms with van der Waals surface area (Å²) in [6.07, 6.45) is 6.74. The number of hydrogen-bond donors (Lipinski definition) is 1. The Kier molecular flexibility index (Phi) is 5.95. The highest BCUT2D eigenvalue weighted by Gasteiger charge is 2.16. The van der Waals surface area contributed by atoms with Crippen LogP contribution in [-0.2, 0) is 6.54 Å². The SMILES string of the molecule is CC1C=CN=CC1CCOc1cc(F)ccc1-c1ccc2n[nH]c(CN(C)C)c2c1. The number of nitrogens with zero attached hydrogens (tertiary/aromatic N) is 3. The van der Waals surface area contributed by atoms with Crippen LogP contribution < -0.4 is 4.74 Å². The van der Waals surface area contributed by atoms with E-state index in [1.54, 1.807) is 6.07 Å². The molecule has 3 aromatic rings. The van der Waals surface area contributed by atoms with Gasteiger partial charge in [0, 0.05) is 41.9 Å². The Hall–Kier alpha value is -2.99. The summed E-state index contributed by atoms with van der Waals surface area (Å²) in [6.45, 7) is 3.44. The average molecular weight is 407 g/mol. The van der Waals surface area contributed by atoms with E-state index in [4.69, 9.17) is 4.74 Å². The third-order valence-corrected chi connectivity index (χ3v) is 5.50. The molecule has 1 N–H and O–H groups in total. The molecule has 2 atom stereocenters. The Morgan fingerprint density at radius 2 is 2.03 bits per heavy atom. The van der Waals surface area contributed by atoms with Crippen molar-refractivity contribution in [1.82, 2.24) is 15.1 Å². The maximum atomic E-state index is 14.0. The molecule has 1 aromatic heterocycles. The highest BCUT2D eigenvalue weighted by atomic mass is 19.1. The summed E-state index contributed by atoms with van der Waals surface area (Å²) in [4.78, 5) is 6.33. The molecule has 0 aliphatic carbocycles. The zero-order valence-corrected chi connectivity index (χ0v) is 17.6. The second kappa shape index (κ2) is 8.79. The van der Waals surface area contributed by atoms with Gasteiger partial charge in [0.05, 0.1) is 17.8 Å². The van der Waals surface area contributed by atoms with Gasteiger partial charge >= 0.3 is 0 Å². The third-order valence-electron chi connectivity index (χ3n) is 5.50. The molecule has 156 valence electrons. The number of allylic oxidation sites excluding steroid dienone is 1. The molecule has 0 bridgehead atoms. The predicted molar refractivity (Wildman–Crippen MR) is 119 cm³/mol. The zero-order chi connectivity index (χ0) is 21.1. The predicted octanol–water partition coefficient (Wildman–Crippen LogP) is 5.05. The Morgan fingerprint density at radius 1 is 1.17 bits per heavy atom. The van der Waals surface area contributed by atoms with Gasteiger partial charge in [0.2, 0.25) is 0 Å². The van der Waals surface area contributed by atoms with Gasteiger partial charge in [-0.3, -0.25) is 10.1 Å². The summed E-state index contributed by atoms with van der Waals surface area (Å²) in [5.74, 6) is 1.02. The van der Waals surface area contributed by atoms with Gasteiger partial charge in [-0.2, -0.15) is 5.10 Å². The second-order valence-electron chi connectivity index (χ2n) is 8.11. The molecule has 2 aromatic carbocycles. The standard InChI is InChI=1S/C24H27FN4O/c1-16-8-10-26-14-18(16)9-11-30-24-13-19(25)5-6-20(24)17-4-7-22-21(12-17)23(28-27-22)15-29(2)3/h4-8,10,12-14,16,18H,9,11,15H2,1-3H3,(H,27,28). The molecule has 0 radical (unpaired) electrons. The summed E-state index contributed by atoms with van der Waals surface area (Å²) >= 11 is 0. The van der Waals surface area contributed by atoms with Gasteiger partial charge in [0.1, 0.15) is 11.6 Å². The van der Waals surface area contributed by atoms with Gasteiger partial charge in [-0.25, -0.2) is 4.39 Å². The van der Waals surface area contributed by atoms with Crippen molar-refractivity contribution in [2.24, 2.45) is 16.8 Å². The lowest BCUT2D eigenvalue weighted by Crippen LogP contribution is -2.17. The van der Waals surface area contributed by atoms with Gasteiger partial charge in [-0.1, -0.05) is 19.1 Å². The molecule has 1 aliphatic rings. The Morgan fingerprint density at radius 3 is 2.83 bits per heavy atom. The average Bonchev–Trinajstić information content (AvgIpc) is 3.11. The first kappa shape index (κ1) is 20.3. The number of benzene rings is 2. The van der Waals surface area contributed by atoms with E-state index in [9.17, 15) is 4.39 Å². The normalized spacial score (nSPS) is 18.4. The van der Waals surface area contributed by atoms with Crippen LogP contribution in [0.15, 0.2) is 53.7 Å². The monoisotopic (exact) mass is 406 g/mol. The van der Waals surface area contributed by atoms with E-state index < -0.39 is 0 Å². The Bertz CT molecular complexity index is 1090. The zero-order valence-electron chi connectivity index (χ0n) is 17.6. The Balaban J connectivity index is 1.58. The van der Waals surface area contributed by atoms with Crippen molar-refractivity contribution in [3.05, 3.63) is 60.2 Å². The van der Waals surface area contributed by atoms with Crippen LogP contribution in [0.2, 0.25) is 0 Å². The number of fused-ring (bicyclic) bond motifs is 1. The number of rotatable bonds is 7. The van der Waals surface area contributed by atoms with Crippen molar-refractivity contribution in [2.75, 3.05) is 20.7 Å². The van der Waals surface area contributed by atoms with Crippen LogP contribution in [0.1, 0.15) is 19.0 Å². The minimum absolute atomic E-state index is 0.304. The lowest BCUT2D eigenvalue weighted by molar-refractivity contribution is 0.285. The summed E-state index contributed by atoms with van der Waals surface area (Å²) in [5.41, 5.74) is 3.83. The van der Waals surface area contributed by atoms with Crippen LogP contribution in [0.4, 0.5) is 4.39 Å². The smallest absolute Gasteiger partial charge is 0.130 e. The van der Waals surface area contributed by atoms with Crippen LogP contribution in [0.3, 0.4) is 0 Å². The number of aromatic nitrogens is 2. The first-order valence-corrected chi connectivity index (χ1v) is 10.3. The molecule has 4 rings (SSSR count). The van der Waals surface area contributed by atoms with E-state index in [1.807, 2.05) is 38.6 Å². The number of nitrogens with one attached hydrogen (secondary N) is 1. The molecule has 0 spiro atoms. The van der Waals surface area contributed by atoms with Crippen LogP contribution in [0.25, 0.3) is 22.0 Å². The number of ether oxygens (including phenoxy) is 1. The fraction of sp³-hybridized carbons (Fsp3) is 0.333.